The third kappa shape index (κ3) is 1.99. The van der Waals surface area contributed by atoms with Crippen LogP contribution in [0.4, 0.5) is 0 Å². The van der Waals surface area contributed by atoms with Crippen LogP contribution in [0.15, 0.2) is 30.3 Å². The van der Waals surface area contributed by atoms with Crippen molar-refractivity contribution in [3.8, 4) is 11.8 Å². The molecule has 2 aliphatic heterocycles. The van der Waals surface area contributed by atoms with Gasteiger partial charge in [-0.25, -0.2) is 0 Å². The van der Waals surface area contributed by atoms with Gasteiger partial charge in [-0.2, -0.15) is 0 Å². The minimum atomic E-state index is -0.832. The molecule has 4 heteroatoms. The second-order valence-corrected chi connectivity index (χ2v) is 9.00. The SMILES string of the molecule is O=C1C2C3CC4C(OC(C#Cc5ccccc5)(C42)N1C1CCCCC1)C3O. The molecular formula is C23H25NO3. The van der Waals surface area contributed by atoms with E-state index >= 15 is 0 Å². The number of carbonyl (C=O) groups excluding carboxylic acids is 1. The third-order valence-corrected chi connectivity index (χ3v) is 7.80. The second kappa shape index (κ2) is 5.59. The summed E-state index contributed by atoms with van der Waals surface area (Å²) in [5.74, 6) is 7.32. The maximum atomic E-state index is 13.5. The van der Waals surface area contributed by atoms with E-state index in [1.165, 1.54) is 19.3 Å². The molecule has 4 nitrogen and oxygen atoms in total. The van der Waals surface area contributed by atoms with E-state index < -0.39 is 11.8 Å². The van der Waals surface area contributed by atoms with Crippen LogP contribution in [0.2, 0.25) is 0 Å². The zero-order chi connectivity index (χ0) is 18.2. The zero-order valence-electron chi connectivity index (χ0n) is 15.4. The Morgan fingerprint density at radius 2 is 1.89 bits per heavy atom. The number of hydrogen-bond donors (Lipinski definition) is 1. The average Bonchev–Trinajstić information content (AvgIpc) is 3.37. The van der Waals surface area contributed by atoms with Crippen molar-refractivity contribution >= 4 is 5.91 Å². The van der Waals surface area contributed by atoms with Gasteiger partial charge in [0, 0.05) is 17.5 Å². The molecule has 5 fully saturated rings. The van der Waals surface area contributed by atoms with Gasteiger partial charge >= 0.3 is 0 Å². The lowest BCUT2D eigenvalue weighted by molar-refractivity contribution is -0.170. The van der Waals surface area contributed by atoms with E-state index in [9.17, 15) is 9.90 Å². The lowest BCUT2D eigenvalue weighted by atomic mass is 9.77. The van der Waals surface area contributed by atoms with Crippen molar-refractivity contribution in [2.45, 2.75) is 62.5 Å². The van der Waals surface area contributed by atoms with Gasteiger partial charge in [-0.15, -0.1) is 0 Å². The predicted octanol–water partition coefficient (Wildman–Crippen LogP) is 2.55. The van der Waals surface area contributed by atoms with Crippen LogP contribution in [0.1, 0.15) is 44.1 Å². The highest BCUT2D eigenvalue weighted by atomic mass is 16.6. The van der Waals surface area contributed by atoms with Gasteiger partial charge < -0.3 is 14.7 Å². The van der Waals surface area contributed by atoms with Gasteiger partial charge in [0.25, 0.3) is 0 Å². The maximum Gasteiger partial charge on any atom is 0.229 e. The molecule has 2 saturated heterocycles. The smallest absolute Gasteiger partial charge is 0.229 e. The molecule has 1 N–H and O–H groups in total. The van der Waals surface area contributed by atoms with E-state index in [4.69, 9.17) is 4.74 Å². The first-order valence-electron chi connectivity index (χ1n) is 10.5. The second-order valence-electron chi connectivity index (χ2n) is 9.00. The van der Waals surface area contributed by atoms with Gasteiger partial charge in [0.15, 0.2) is 0 Å². The van der Waals surface area contributed by atoms with Gasteiger partial charge in [0.05, 0.1) is 18.1 Å². The highest BCUT2D eigenvalue weighted by Crippen LogP contribution is 2.68. The monoisotopic (exact) mass is 363 g/mol. The molecule has 6 rings (SSSR count). The number of ether oxygens (including phenoxy) is 1. The van der Waals surface area contributed by atoms with Crippen LogP contribution in [-0.4, -0.2) is 39.9 Å². The molecule has 2 heterocycles. The number of carbonyl (C=O) groups is 1. The minimum Gasteiger partial charge on any atom is -0.390 e. The molecule has 2 bridgehead atoms. The van der Waals surface area contributed by atoms with E-state index in [2.05, 4.69) is 11.8 Å². The Labute approximate surface area is 159 Å². The molecule has 3 saturated carbocycles. The molecule has 3 aliphatic carbocycles. The summed E-state index contributed by atoms with van der Waals surface area (Å²) in [6.07, 6.45) is 5.95. The van der Waals surface area contributed by atoms with Crippen LogP contribution < -0.4 is 0 Å². The molecule has 5 aliphatic rings. The fraction of sp³-hybridized carbons (Fsp3) is 0.609. The van der Waals surface area contributed by atoms with Crippen molar-refractivity contribution in [1.29, 1.82) is 0 Å². The fourth-order valence-corrected chi connectivity index (χ4v) is 6.83. The summed E-state index contributed by atoms with van der Waals surface area (Å²) in [5, 5.41) is 10.7. The Balaban J connectivity index is 1.47. The van der Waals surface area contributed by atoms with Crippen LogP contribution in [0.25, 0.3) is 0 Å². The summed E-state index contributed by atoms with van der Waals surface area (Å²) >= 11 is 0. The first kappa shape index (κ1) is 16.2. The van der Waals surface area contributed by atoms with Crippen molar-refractivity contribution < 1.29 is 14.6 Å². The quantitative estimate of drug-likeness (QED) is 0.780. The first-order chi connectivity index (χ1) is 13.2. The van der Waals surface area contributed by atoms with Gasteiger partial charge in [0.2, 0.25) is 11.6 Å². The van der Waals surface area contributed by atoms with E-state index in [0.717, 1.165) is 24.8 Å². The number of rotatable bonds is 1. The van der Waals surface area contributed by atoms with E-state index in [1.807, 2.05) is 35.2 Å². The van der Waals surface area contributed by atoms with E-state index in [1.54, 1.807) is 0 Å². The molecule has 7 atom stereocenters. The molecule has 7 unspecified atom stereocenters. The normalized spacial score (nSPS) is 44.6. The van der Waals surface area contributed by atoms with Gasteiger partial charge in [0.1, 0.15) is 0 Å². The summed E-state index contributed by atoms with van der Waals surface area (Å²) in [7, 11) is 0. The van der Waals surface area contributed by atoms with E-state index in [-0.39, 0.29) is 41.7 Å². The van der Waals surface area contributed by atoms with Crippen molar-refractivity contribution in [3.05, 3.63) is 35.9 Å². The Morgan fingerprint density at radius 1 is 1.11 bits per heavy atom. The topological polar surface area (TPSA) is 49.8 Å². The lowest BCUT2D eigenvalue weighted by Gasteiger charge is -2.41. The minimum absolute atomic E-state index is 0.0616. The van der Waals surface area contributed by atoms with E-state index in [0.29, 0.717) is 0 Å². The standard InChI is InChI=1S/C23H25NO3/c25-20-16-13-17-19-18(16)22(26)24(15-9-5-2-6-10-15)23(19,27-21(17)20)12-11-14-7-3-1-4-8-14/h1,3-4,7-8,15-21,25H,2,5-6,9-10,13H2. The van der Waals surface area contributed by atoms with Gasteiger partial charge in [-0.05, 0) is 49.2 Å². The Morgan fingerprint density at radius 3 is 2.67 bits per heavy atom. The van der Waals surface area contributed by atoms with Crippen molar-refractivity contribution in [2.24, 2.45) is 23.7 Å². The number of likely N-dealkylation sites (tertiary alicyclic amines) is 1. The molecule has 140 valence electrons. The fourth-order valence-electron chi connectivity index (χ4n) is 6.83. The summed E-state index contributed by atoms with van der Waals surface area (Å²) in [5.41, 5.74) is 0.116. The number of amides is 1. The molecular weight excluding hydrogens is 338 g/mol. The predicted molar refractivity (Wildman–Crippen MR) is 99.2 cm³/mol. The largest absolute Gasteiger partial charge is 0.390 e. The van der Waals surface area contributed by atoms with Crippen molar-refractivity contribution in [1.82, 2.24) is 4.90 Å². The molecule has 0 radical (unpaired) electrons. The lowest BCUT2D eigenvalue weighted by Crippen LogP contribution is -2.55. The molecule has 27 heavy (non-hydrogen) atoms. The molecule has 1 amide bonds. The zero-order valence-corrected chi connectivity index (χ0v) is 15.4. The van der Waals surface area contributed by atoms with Gasteiger partial charge in [-0.1, -0.05) is 43.4 Å². The van der Waals surface area contributed by atoms with Crippen molar-refractivity contribution in [3.63, 3.8) is 0 Å². The maximum absolute atomic E-state index is 13.5. The van der Waals surface area contributed by atoms with Gasteiger partial charge in [-0.3, -0.25) is 4.79 Å². The number of nitrogens with zero attached hydrogens (tertiary/aromatic N) is 1. The Kier molecular flexibility index (Phi) is 3.35. The highest BCUT2D eigenvalue weighted by molar-refractivity contribution is 5.86. The molecule has 1 aromatic carbocycles. The summed E-state index contributed by atoms with van der Waals surface area (Å²) in [4.78, 5) is 15.6. The number of aliphatic hydroxyl groups excluding tert-OH is 1. The summed E-state index contributed by atoms with van der Waals surface area (Å²) in [6.45, 7) is 0. The average molecular weight is 363 g/mol. The number of benzene rings is 1. The third-order valence-electron chi connectivity index (χ3n) is 7.80. The number of aliphatic hydroxyl groups is 1. The number of hydrogen-bond acceptors (Lipinski definition) is 3. The highest BCUT2D eigenvalue weighted by Gasteiger charge is 2.78. The summed E-state index contributed by atoms with van der Waals surface area (Å²) < 4.78 is 6.57. The molecule has 0 spiro atoms. The molecule has 0 aromatic heterocycles. The van der Waals surface area contributed by atoms with Crippen LogP contribution in [0.5, 0.6) is 0 Å². The van der Waals surface area contributed by atoms with Crippen LogP contribution in [0.3, 0.4) is 0 Å². The Bertz CT molecular complexity index is 836. The van der Waals surface area contributed by atoms with Crippen LogP contribution in [0, 0.1) is 35.5 Å². The first-order valence-corrected chi connectivity index (χ1v) is 10.5. The Hall–Kier alpha value is -1.83. The molecule has 1 aromatic rings. The summed E-state index contributed by atoms with van der Waals surface area (Å²) in [6, 6.07) is 10.2. The number of fused-ring (bicyclic) bond motifs is 2. The van der Waals surface area contributed by atoms with Crippen LogP contribution >= 0.6 is 0 Å². The van der Waals surface area contributed by atoms with Crippen LogP contribution in [-0.2, 0) is 9.53 Å². The van der Waals surface area contributed by atoms with Crippen molar-refractivity contribution in [2.75, 3.05) is 0 Å².